The van der Waals surface area contributed by atoms with Gasteiger partial charge < -0.3 is 9.47 Å². The van der Waals surface area contributed by atoms with Crippen molar-refractivity contribution in [2.24, 2.45) is 0 Å². The van der Waals surface area contributed by atoms with Gasteiger partial charge in [0.25, 0.3) is 11.1 Å². The van der Waals surface area contributed by atoms with E-state index in [-0.39, 0.29) is 11.1 Å². The van der Waals surface area contributed by atoms with Gasteiger partial charge in [-0.1, -0.05) is 23.7 Å². The quantitative estimate of drug-likeness (QED) is 0.491. The summed E-state index contributed by atoms with van der Waals surface area (Å²) in [6.45, 7) is 2.69. The van der Waals surface area contributed by atoms with Crippen LogP contribution in [0.5, 0.6) is 11.5 Å². The highest BCUT2D eigenvalue weighted by atomic mass is 79.9. The van der Waals surface area contributed by atoms with Crippen LogP contribution in [-0.4, -0.2) is 29.7 Å². The molecule has 2 aromatic rings. The SMILES string of the molecule is CCOc1cc(/C=C2\SC(=O)N(C)C2=O)cc(Br)c1OCc1ccc(Cl)cc1. The highest BCUT2D eigenvalue weighted by Gasteiger charge is 2.31. The Balaban J connectivity index is 1.86. The number of amides is 2. The first-order chi connectivity index (χ1) is 13.4. The molecule has 5 nitrogen and oxygen atoms in total. The number of thioether (sulfide) groups is 1. The lowest BCUT2D eigenvalue weighted by atomic mass is 10.1. The third-order valence-electron chi connectivity index (χ3n) is 3.91. The fourth-order valence-corrected chi connectivity index (χ4v) is 4.03. The van der Waals surface area contributed by atoms with E-state index >= 15 is 0 Å². The summed E-state index contributed by atoms with van der Waals surface area (Å²) in [5.41, 5.74) is 1.70. The van der Waals surface area contributed by atoms with Crippen LogP contribution in [-0.2, 0) is 11.4 Å². The Morgan fingerprint density at radius 3 is 2.50 bits per heavy atom. The molecule has 1 aliphatic heterocycles. The largest absolute Gasteiger partial charge is 0.490 e. The van der Waals surface area contributed by atoms with Crippen LogP contribution < -0.4 is 9.47 Å². The van der Waals surface area contributed by atoms with E-state index in [1.54, 1.807) is 12.1 Å². The fourth-order valence-electron chi connectivity index (χ4n) is 2.51. The van der Waals surface area contributed by atoms with Gasteiger partial charge in [0.2, 0.25) is 0 Å². The number of hydrogen-bond donors (Lipinski definition) is 0. The van der Waals surface area contributed by atoms with Crippen LogP contribution in [0.1, 0.15) is 18.1 Å². The summed E-state index contributed by atoms with van der Waals surface area (Å²) in [6.07, 6.45) is 1.67. The van der Waals surface area contributed by atoms with Gasteiger partial charge in [-0.25, -0.2) is 0 Å². The van der Waals surface area contributed by atoms with Gasteiger partial charge in [0.05, 0.1) is 16.0 Å². The van der Waals surface area contributed by atoms with Gasteiger partial charge in [-0.3, -0.25) is 14.5 Å². The monoisotopic (exact) mass is 481 g/mol. The number of nitrogens with zero attached hydrogens (tertiary/aromatic N) is 1. The zero-order valence-electron chi connectivity index (χ0n) is 15.2. The molecule has 28 heavy (non-hydrogen) atoms. The number of ether oxygens (including phenoxy) is 2. The zero-order valence-corrected chi connectivity index (χ0v) is 18.4. The highest BCUT2D eigenvalue weighted by molar-refractivity contribution is 9.10. The van der Waals surface area contributed by atoms with Gasteiger partial charge in [0, 0.05) is 12.1 Å². The minimum absolute atomic E-state index is 0.289. The average Bonchev–Trinajstić information content (AvgIpc) is 2.89. The number of hydrogen-bond acceptors (Lipinski definition) is 5. The number of carbonyl (C=O) groups is 2. The Hall–Kier alpha value is -1.96. The van der Waals surface area contributed by atoms with E-state index in [0.717, 1.165) is 27.8 Å². The summed E-state index contributed by atoms with van der Waals surface area (Å²) in [4.78, 5) is 25.3. The van der Waals surface area contributed by atoms with Crippen LogP contribution in [0.25, 0.3) is 6.08 Å². The van der Waals surface area contributed by atoms with Gasteiger partial charge in [-0.15, -0.1) is 0 Å². The average molecular weight is 483 g/mol. The number of halogens is 2. The third kappa shape index (κ3) is 4.71. The van der Waals surface area contributed by atoms with Crippen molar-refractivity contribution in [3.63, 3.8) is 0 Å². The number of likely N-dealkylation sites (N-methyl/N-ethyl adjacent to an activating group) is 1. The van der Waals surface area contributed by atoms with Crippen LogP contribution in [0.4, 0.5) is 4.79 Å². The van der Waals surface area contributed by atoms with Crippen molar-refractivity contribution < 1.29 is 19.1 Å². The standard InChI is InChI=1S/C20H17BrClNO4S/c1-3-26-16-9-13(10-17-19(24)23(2)20(25)28-17)8-15(21)18(16)27-11-12-4-6-14(22)7-5-12/h4-10H,3,11H2,1-2H3/b17-10-. The second-order valence-corrected chi connectivity index (χ2v) is 8.20. The van der Waals surface area contributed by atoms with Gasteiger partial charge in [-0.2, -0.15) is 0 Å². The molecule has 3 rings (SSSR count). The van der Waals surface area contributed by atoms with Crippen molar-refractivity contribution in [2.45, 2.75) is 13.5 Å². The molecular formula is C20H17BrClNO4S. The van der Waals surface area contributed by atoms with Crippen LogP contribution >= 0.6 is 39.3 Å². The summed E-state index contributed by atoms with van der Waals surface area (Å²) in [5, 5.41) is 0.379. The lowest BCUT2D eigenvalue weighted by Crippen LogP contribution is -2.22. The number of imide groups is 1. The normalized spacial score (nSPS) is 15.4. The van der Waals surface area contributed by atoms with Gasteiger partial charge in [-0.05, 0) is 76.1 Å². The topological polar surface area (TPSA) is 55.8 Å². The Kier molecular flexibility index (Phi) is 6.69. The Bertz CT molecular complexity index is 946. The zero-order chi connectivity index (χ0) is 20.3. The molecular weight excluding hydrogens is 466 g/mol. The molecule has 0 bridgehead atoms. The first kappa shape index (κ1) is 20.8. The van der Waals surface area contributed by atoms with Crippen molar-refractivity contribution in [3.05, 3.63) is 61.9 Å². The van der Waals surface area contributed by atoms with Gasteiger partial charge >= 0.3 is 0 Å². The van der Waals surface area contributed by atoms with E-state index < -0.39 is 0 Å². The van der Waals surface area contributed by atoms with Gasteiger partial charge in [0.15, 0.2) is 11.5 Å². The maximum Gasteiger partial charge on any atom is 0.293 e. The smallest absolute Gasteiger partial charge is 0.293 e. The molecule has 1 fully saturated rings. The Morgan fingerprint density at radius 1 is 1.18 bits per heavy atom. The van der Waals surface area contributed by atoms with Crippen molar-refractivity contribution in [3.8, 4) is 11.5 Å². The molecule has 2 aromatic carbocycles. The van der Waals surface area contributed by atoms with E-state index in [9.17, 15) is 9.59 Å². The molecule has 0 atom stereocenters. The molecule has 1 heterocycles. The predicted octanol–water partition coefficient (Wildman–Crippen LogP) is 5.75. The van der Waals surface area contributed by atoms with E-state index in [0.29, 0.717) is 39.1 Å². The minimum atomic E-state index is -0.313. The first-order valence-electron chi connectivity index (χ1n) is 8.44. The van der Waals surface area contributed by atoms with Gasteiger partial charge in [0.1, 0.15) is 6.61 Å². The van der Waals surface area contributed by atoms with Crippen molar-refractivity contribution >= 4 is 56.5 Å². The van der Waals surface area contributed by atoms with E-state index in [1.807, 2.05) is 37.3 Å². The molecule has 8 heteroatoms. The molecule has 0 radical (unpaired) electrons. The van der Waals surface area contributed by atoms with Crippen LogP contribution in [0.15, 0.2) is 45.8 Å². The molecule has 0 N–H and O–H groups in total. The number of carbonyl (C=O) groups excluding carboxylic acids is 2. The molecule has 0 saturated carbocycles. The second-order valence-electron chi connectivity index (χ2n) is 5.92. The van der Waals surface area contributed by atoms with Crippen LogP contribution in [0.2, 0.25) is 5.02 Å². The fraction of sp³-hybridized carbons (Fsp3) is 0.200. The summed E-state index contributed by atoms with van der Waals surface area (Å²) < 4.78 is 12.4. The minimum Gasteiger partial charge on any atom is -0.490 e. The maximum atomic E-state index is 12.1. The molecule has 1 saturated heterocycles. The van der Waals surface area contributed by atoms with Crippen LogP contribution in [0, 0.1) is 0 Å². The third-order valence-corrected chi connectivity index (χ3v) is 5.71. The van der Waals surface area contributed by atoms with E-state index in [1.165, 1.54) is 7.05 Å². The summed E-state index contributed by atoms with van der Waals surface area (Å²) >= 11 is 10.3. The van der Waals surface area contributed by atoms with Crippen molar-refractivity contribution in [1.82, 2.24) is 4.90 Å². The highest BCUT2D eigenvalue weighted by Crippen LogP contribution is 2.39. The Labute approximate surface area is 180 Å². The lowest BCUT2D eigenvalue weighted by Gasteiger charge is -2.15. The molecule has 0 aliphatic carbocycles. The Morgan fingerprint density at radius 2 is 1.89 bits per heavy atom. The first-order valence-corrected chi connectivity index (χ1v) is 10.4. The second kappa shape index (κ2) is 9.03. The summed E-state index contributed by atoms with van der Waals surface area (Å²) in [7, 11) is 1.47. The number of benzene rings is 2. The maximum absolute atomic E-state index is 12.1. The molecule has 146 valence electrons. The van der Waals surface area contributed by atoms with Crippen LogP contribution in [0.3, 0.4) is 0 Å². The molecule has 0 spiro atoms. The summed E-state index contributed by atoms with van der Waals surface area (Å²) in [5.74, 6) is 0.803. The van der Waals surface area contributed by atoms with E-state index in [4.69, 9.17) is 21.1 Å². The van der Waals surface area contributed by atoms with Crippen molar-refractivity contribution in [1.29, 1.82) is 0 Å². The molecule has 1 aliphatic rings. The predicted molar refractivity (Wildman–Crippen MR) is 115 cm³/mol. The molecule has 2 amide bonds. The van der Waals surface area contributed by atoms with Crippen molar-refractivity contribution in [2.75, 3.05) is 13.7 Å². The molecule has 0 aromatic heterocycles. The lowest BCUT2D eigenvalue weighted by molar-refractivity contribution is -0.121. The summed E-state index contributed by atoms with van der Waals surface area (Å²) in [6, 6.07) is 11.0. The number of rotatable bonds is 6. The van der Waals surface area contributed by atoms with E-state index in [2.05, 4.69) is 15.9 Å². The molecule has 0 unspecified atom stereocenters.